The van der Waals surface area contributed by atoms with Crippen molar-refractivity contribution in [1.29, 1.82) is 5.26 Å². The predicted molar refractivity (Wildman–Crippen MR) is 313 cm³/mol. The summed E-state index contributed by atoms with van der Waals surface area (Å²) in [7, 11) is 0. The van der Waals surface area contributed by atoms with Gasteiger partial charge in [-0.1, -0.05) is 152 Å². The van der Waals surface area contributed by atoms with Gasteiger partial charge in [-0.25, -0.2) is 4.85 Å². The van der Waals surface area contributed by atoms with Crippen molar-refractivity contribution in [2.75, 3.05) is 0 Å². The van der Waals surface area contributed by atoms with Crippen LogP contribution in [0.25, 0.3) is 81.0 Å². The van der Waals surface area contributed by atoms with Gasteiger partial charge < -0.3 is 8.80 Å². The highest BCUT2D eigenvalue weighted by molar-refractivity contribution is 6.31. The summed E-state index contributed by atoms with van der Waals surface area (Å²) in [4.78, 5) is 4.66. The molecule has 19 rings (SSSR count). The van der Waals surface area contributed by atoms with Crippen LogP contribution in [0.2, 0.25) is 0 Å². The highest BCUT2D eigenvalue weighted by atomic mass is 14.9. The number of aromatic nitrogens is 2. The molecule has 13 aromatic rings. The molecule has 0 saturated carbocycles. The van der Waals surface area contributed by atoms with E-state index in [9.17, 15) is 11.8 Å². The van der Waals surface area contributed by atoms with Crippen LogP contribution < -0.4 is 0 Å². The molecule has 0 N–H and O–H groups in total. The van der Waals surface area contributed by atoms with Crippen LogP contribution in [-0.2, 0) is 10.8 Å². The molecule has 4 heterocycles. The fraction of sp³-hybridized carbons (Fsp3) is 0.222. The summed E-state index contributed by atoms with van der Waals surface area (Å²) in [6.45, 7) is 30.2. The van der Waals surface area contributed by atoms with Gasteiger partial charge in [0, 0.05) is 72.3 Å². The molecule has 0 unspecified atom stereocenters. The third kappa shape index (κ3) is 4.76. The first-order valence-electron chi connectivity index (χ1n) is 27.4. The maximum absolute atomic E-state index is 11.5. The van der Waals surface area contributed by atoms with Gasteiger partial charge >= 0.3 is 0 Å². The monoisotopic (exact) mass is 974 g/mol. The number of hydrogen-bond acceptors (Lipinski definition) is 1. The Morgan fingerprint density at radius 3 is 1.21 bits per heavy atom. The van der Waals surface area contributed by atoms with Gasteiger partial charge in [-0.2, -0.15) is 5.26 Å². The lowest BCUT2D eigenvalue weighted by molar-refractivity contribution is 0.591. The van der Waals surface area contributed by atoms with E-state index in [-0.39, 0.29) is 40.4 Å². The van der Waals surface area contributed by atoms with Crippen LogP contribution in [-0.4, -0.2) is 8.80 Å². The molecular formula is C72H54N4. The third-order valence-electron chi connectivity index (χ3n) is 19.3. The average molecular weight is 975 g/mol. The Bertz CT molecular complexity index is 4890. The molecule has 9 aromatic carbocycles. The van der Waals surface area contributed by atoms with Gasteiger partial charge in [0.25, 0.3) is 0 Å². The first-order chi connectivity index (χ1) is 36.7. The molecule has 4 heteroatoms. The maximum atomic E-state index is 11.5. The molecule has 0 saturated heterocycles. The molecule has 4 nitrogen and oxygen atoms in total. The van der Waals surface area contributed by atoms with Gasteiger partial charge in [-0.15, -0.1) is 0 Å². The summed E-state index contributed by atoms with van der Waals surface area (Å²) in [6.07, 6.45) is 0. The summed E-state index contributed by atoms with van der Waals surface area (Å²) >= 11 is 0. The van der Waals surface area contributed by atoms with Crippen molar-refractivity contribution in [3.63, 3.8) is 0 Å². The topological polar surface area (TPSA) is 37.0 Å². The molecule has 4 bridgehead atoms. The molecule has 76 heavy (non-hydrogen) atoms. The fourth-order valence-corrected chi connectivity index (χ4v) is 16.3. The summed E-state index contributed by atoms with van der Waals surface area (Å²) in [6, 6.07) is 54.1. The Balaban J connectivity index is 1.08. The van der Waals surface area contributed by atoms with Crippen molar-refractivity contribution < 1.29 is 0 Å². The molecule has 4 aromatic heterocycles. The maximum Gasteiger partial charge on any atom is 0.197 e. The number of benzene rings is 9. The lowest BCUT2D eigenvalue weighted by Gasteiger charge is -2.44. The van der Waals surface area contributed by atoms with Crippen LogP contribution in [0.4, 0.5) is 5.69 Å². The highest BCUT2D eigenvalue weighted by Crippen LogP contribution is 2.64. The summed E-state index contributed by atoms with van der Waals surface area (Å²) < 4.78 is 5.19. The molecule has 6 aliphatic rings. The van der Waals surface area contributed by atoms with E-state index in [0.717, 1.165) is 27.9 Å². The Labute approximate surface area is 441 Å². The van der Waals surface area contributed by atoms with Crippen molar-refractivity contribution in [2.24, 2.45) is 0 Å². The van der Waals surface area contributed by atoms with Crippen molar-refractivity contribution in [3.8, 4) is 6.07 Å². The van der Waals surface area contributed by atoms with E-state index in [1.807, 2.05) is 0 Å². The van der Waals surface area contributed by atoms with Gasteiger partial charge in [-0.05, 0) is 149 Å². The second-order valence-electron chi connectivity index (χ2n) is 25.4. The SMILES string of the molecule is [C-]#[N+]c1c2c(c3c4cc(C(C)(C)C)cc5c6cc7c(cc6n(c3c1C(C)C)c54)c1cc(C(C)(C)C)cc3c4c5c(c(C#N)c(C)c4n7c13)C1c3ccccc3C5c3ccccc31)C1c3ccccc3C2c2ccccc21. The number of hydrogen-bond donors (Lipinski definition) is 0. The Morgan fingerprint density at radius 2 is 0.829 bits per heavy atom. The van der Waals surface area contributed by atoms with E-state index >= 15 is 0 Å². The smallest absolute Gasteiger partial charge is 0.197 e. The first kappa shape index (κ1) is 42.9. The Morgan fingerprint density at radius 1 is 0.474 bits per heavy atom. The minimum atomic E-state index is -0.142. The summed E-state index contributed by atoms with van der Waals surface area (Å²) in [5.74, 6) is 0.0681. The van der Waals surface area contributed by atoms with Crippen LogP contribution >= 0.6 is 0 Å². The van der Waals surface area contributed by atoms with E-state index in [4.69, 9.17) is 0 Å². The van der Waals surface area contributed by atoms with Gasteiger partial charge in [0.05, 0.1) is 45.8 Å². The average Bonchev–Trinajstić information content (AvgIpc) is 3.71. The van der Waals surface area contributed by atoms with Gasteiger partial charge in [0.15, 0.2) is 5.69 Å². The molecule has 0 aliphatic heterocycles. The van der Waals surface area contributed by atoms with Crippen molar-refractivity contribution in [3.05, 3.63) is 239 Å². The zero-order valence-electron chi connectivity index (χ0n) is 44.4. The predicted octanol–water partition coefficient (Wildman–Crippen LogP) is 18.4. The molecule has 0 atom stereocenters. The number of rotatable bonds is 1. The van der Waals surface area contributed by atoms with Crippen LogP contribution in [0, 0.1) is 24.8 Å². The van der Waals surface area contributed by atoms with E-state index in [2.05, 4.69) is 215 Å². The fourth-order valence-electron chi connectivity index (χ4n) is 16.3. The normalized spacial score (nSPS) is 18.2. The molecule has 0 amide bonds. The zero-order valence-corrected chi connectivity index (χ0v) is 44.4. The minimum Gasteiger partial charge on any atom is -0.309 e. The lowest BCUT2D eigenvalue weighted by Crippen LogP contribution is -2.29. The quantitative estimate of drug-likeness (QED) is 0.151. The molecule has 0 fully saturated rings. The number of aryl methyl sites for hydroxylation is 1. The zero-order chi connectivity index (χ0) is 51.5. The molecule has 6 aliphatic carbocycles. The number of nitriles is 1. The first-order valence-corrected chi connectivity index (χ1v) is 27.4. The van der Waals surface area contributed by atoms with Crippen LogP contribution in [0.3, 0.4) is 0 Å². The Kier molecular flexibility index (Phi) is 7.72. The van der Waals surface area contributed by atoms with Crippen molar-refractivity contribution in [1.82, 2.24) is 8.80 Å². The van der Waals surface area contributed by atoms with Gasteiger partial charge in [-0.3, -0.25) is 0 Å². The second-order valence-corrected chi connectivity index (χ2v) is 25.4. The lowest BCUT2D eigenvalue weighted by atomic mass is 9.59. The van der Waals surface area contributed by atoms with E-state index in [1.54, 1.807) is 0 Å². The summed E-state index contributed by atoms with van der Waals surface area (Å²) in [5, 5.41) is 21.7. The van der Waals surface area contributed by atoms with Crippen molar-refractivity contribution in [2.45, 2.75) is 103 Å². The number of fused-ring (bicyclic) bond motifs is 12. The standard InChI is InChI=1S/C72H54N4/c1-34(2)55-66(74-10)65-59-44-25-17-15-23-42(44)58(43-24-16-18-26-45(43)59)64(65)62-51-30-37(72(7,8)9)28-49-47-31-53-46(32-54(47)76(69(49)51)70(55)62)48-27-36(71(4,5)6)29-50-61-63-57-40-21-13-11-19-38(40)56(39-20-12-14-22-41(39)57)60(63)52(33-73)35(3)67(61)75(53)68(48)50/h11-32,34,56-59H,1-9H3. The Hall–Kier alpha value is -8.44. The molecule has 0 radical (unpaired) electrons. The van der Waals surface area contributed by atoms with Crippen LogP contribution in [0.5, 0.6) is 0 Å². The molecular weight excluding hydrogens is 921 g/mol. The van der Waals surface area contributed by atoms with Gasteiger partial charge in [0.1, 0.15) is 0 Å². The highest BCUT2D eigenvalue weighted by Gasteiger charge is 2.47. The van der Waals surface area contributed by atoms with Crippen LogP contribution in [0.15, 0.2) is 133 Å². The molecule has 362 valence electrons. The van der Waals surface area contributed by atoms with Crippen LogP contribution in [0.1, 0.15) is 180 Å². The third-order valence-corrected chi connectivity index (χ3v) is 19.3. The minimum absolute atomic E-state index is 0.00771. The molecule has 0 spiro atoms. The van der Waals surface area contributed by atoms with Gasteiger partial charge in [0.2, 0.25) is 0 Å². The number of nitrogens with zero attached hydrogens (tertiary/aromatic N) is 4. The van der Waals surface area contributed by atoms with E-state index in [0.29, 0.717) is 0 Å². The van der Waals surface area contributed by atoms with Crippen molar-refractivity contribution >= 4 is 81.9 Å². The second kappa shape index (κ2) is 13.7. The van der Waals surface area contributed by atoms with E-state index in [1.165, 1.54) is 149 Å². The largest absolute Gasteiger partial charge is 0.309 e. The summed E-state index contributed by atoms with van der Waals surface area (Å²) in [5.41, 5.74) is 29.2. The van der Waals surface area contributed by atoms with E-state index < -0.39 is 0 Å².